The van der Waals surface area contributed by atoms with Gasteiger partial charge in [-0.05, 0) is 38.3 Å². The van der Waals surface area contributed by atoms with Gasteiger partial charge in [0, 0.05) is 24.7 Å². The summed E-state index contributed by atoms with van der Waals surface area (Å²) >= 11 is 0. The molecule has 1 saturated heterocycles. The molecule has 0 spiro atoms. The quantitative estimate of drug-likeness (QED) is 0.923. The van der Waals surface area contributed by atoms with Crippen molar-refractivity contribution >= 4 is 11.6 Å². The second-order valence-electron chi connectivity index (χ2n) is 5.49. The van der Waals surface area contributed by atoms with Crippen molar-refractivity contribution < 1.29 is 13.6 Å². The Hall–Kier alpha value is -1.65. The number of halogens is 2. The fourth-order valence-electron chi connectivity index (χ4n) is 2.79. The molecule has 2 unspecified atom stereocenters. The number of likely N-dealkylation sites (tertiary alicyclic amines) is 1. The summed E-state index contributed by atoms with van der Waals surface area (Å²) in [5.41, 5.74) is -0.102. The molecule has 2 rings (SSSR count). The van der Waals surface area contributed by atoms with Crippen LogP contribution in [-0.4, -0.2) is 29.9 Å². The molecule has 20 heavy (non-hydrogen) atoms. The van der Waals surface area contributed by atoms with Gasteiger partial charge in [0.2, 0.25) is 0 Å². The highest BCUT2D eigenvalue weighted by Crippen LogP contribution is 2.26. The third kappa shape index (κ3) is 2.76. The second-order valence-corrected chi connectivity index (χ2v) is 5.49. The molecule has 0 radical (unpaired) electrons. The van der Waals surface area contributed by atoms with Gasteiger partial charge < -0.3 is 10.2 Å². The summed E-state index contributed by atoms with van der Waals surface area (Å²) in [6.45, 7) is 6.84. The van der Waals surface area contributed by atoms with Crippen LogP contribution in [0.4, 0.5) is 14.5 Å². The minimum absolute atomic E-state index is 0.0719. The molecule has 1 N–H and O–H groups in total. The van der Waals surface area contributed by atoms with E-state index in [4.69, 9.17) is 0 Å². The van der Waals surface area contributed by atoms with Crippen molar-refractivity contribution in [2.75, 3.05) is 18.4 Å². The lowest BCUT2D eigenvalue weighted by atomic mass is 10.1. The molecule has 1 aliphatic heterocycles. The average molecular weight is 282 g/mol. The van der Waals surface area contributed by atoms with Crippen LogP contribution < -0.4 is 5.32 Å². The van der Waals surface area contributed by atoms with Crippen LogP contribution in [-0.2, 0) is 0 Å². The highest BCUT2D eigenvalue weighted by molar-refractivity contribution is 5.95. The van der Waals surface area contributed by atoms with E-state index < -0.39 is 11.6 Å². The highest BCUT2D eigenvalue weighted by Gasteiger charge is 2.31. The Morgan fingerprint density at radius 1 is 1.35 bits per heavy atom. The zero-order valence-electron chi connectivity index (χ0n) is 12.0. The predicted octanol–water partition coefficient (Wildman–Crippen LogP) is 3.27. The number of nitrogens with zero attached hydrogens (tertiary/aromatic N) is 1. The molecule has 2 atom stereocenters. The molecule has 1 heterocycles. The number of rotatable bonds is 3. The summed E-state index contributed by atoms with van der Waals surface area (Å²) in [7, 11) is 0. The Morgan fingerprint density at radius 2 is 1.95 bits per heavy atom. The van der Waals surface area contributed by atoms with Gasteiger partial charge in [-0.1, -0.05) is 6.92 Å². The maximum Gasteiger partial charge on any atom is 0.254 e. The molecule has 0 aromatic heterocycles. The summed E-state index contributed by atoms with van der Waals surface area (Å²) in [6.07, 6.45) is 0.923. The third-order valence-electron chi connectivity index (χ3n) is 3.69. The van der Waals surface area contributed by atoms with Crippen molar-refractivity contribution in [3.8, 4) is 0 Å². The van der Waals surface area contributed by atoms with Gasteiger partial charge in [-0.2, -0.15) is 0 Å². The number of carbonyl (C=O) groups is 1. The second kappa shape index (κ2) is 5.77. The standard InChI is InChI=1S/C15H20F2N2O/c1-4-18-14-12(16)6-11(7-13(14)17)15(20)19-8-9(2)5-10(19)3/h6-7,9-10,18H,4-5,8H2,1-3H3. The molecule has 1 fully saturated rings. The summed E-state index contributed by atoms with van der Waals surface area (Å²) in [5.74, 6) is -1.34. The highest BCUT2D eigenvalue weighted by atomic mass is 19.1. The topological polar surface area (TPSA) is 32.3 Å². The smallest absolute Gasteiger partial charge is 0.254 e. The zero-order valence-corrected chi connectivity index (χ0v) is 12.0. The largest absolute Gasteiger partial charge is 0.381 e. The molecule has 0 bridgehead atoms. The van der Waals surface area contributed by atoms with Gasteiger partial charge in [0.25, 0.3) is 5.91 Å². The summed E-state index contributed by atoms with van der Waals surface area (Å²) in [6, 6.07) is 2.33. The van der Waals surface area contributed by atoms with E-state index in [1.807, 2.05) is 6.92 Å². The van der Waals surface area contributed by atoms with Crippen molar-refractivity contribution in [1.82, 2.24) is 4.90 Å². The lowest BCUT2D eigenvalue weighted by Gasteiger charge is -2.22. The van der Waals surface area contributed by atoms with Crippen LogP contribution >= 0.6 is 0 Å². The Bertz CT molecular complexity index is 496. The first kappa shape index (κ1) is 14.8. The average Bonchev–Trinajstić information content (AvgIpc) is 2.71. The lowest BCUT2D eigenvalue weighted by molar-refractivity contribution is 0.0743. The van der Waals surface area contributed by atoms with Crippen molar-refractivity contribution in [1.29, 1.82) is 0 Å². The molecule has 110 valence electrons. The molecule has 1 aliphatic rings. The first-order chi connectivity index (χ1) is 9.43. The van der Waals surface area contributed by atoms with E-state index >= 15 is 0 Å². The van der Waals surface area contributed by atoms with Crippen molar-refractivity contribution in [3.05, 3.63) is 29.3 Å². The van der Waals surface area contributed by atoms with Gasteiger partial charge in [-0.3, -0.25) is 4.79 Å². The van der Waals surface area contributed by atoms with Crippen molar-refractivity contribution in [3.63, 3.8) is 0 Å². The first-order valence-electron chi connectivity index (χ1n) is 6.97. The van der Waals surface area contributed by atoms with Crippen LogP contribution in [0, 0.1) is 17.6 Å². The number of hydrogen-bond donors (Lipinski definition) is 1. The molecule has 1 aromatic rings. The molecule has 1 amide bonds. The van der Waals surface area contributed by atoms with Crippen molar-refractivity contribution in [2.45, 2.75) is 33.2 Å². The molecule has 0 aliphatic carbocycles. The van der Waals surface area contributed by atoms with Gasteiger partial charge in [-0.15, -0.1) is 0 Å². The maximum atomic E-state index is 13.8. The van der Waals surface area contributed by atoms with Crippen molar-refractivity contribution in [2.24, 2.45) is 5.92 Å². The minimum Gasteiger partial charge on any atom is -0.381 e. The number of amides is 1. The lowest BCUT2D eigenvalue weighted by Crippen LogP contribution is -2.34. The number of carbonyl (C=O) groups excluding carboxylic acids is 1. The summed E-state index contributed by atoms with van der Waals surface area (Å²) in [5, 5.41) is 2.62. The van der Waals surface area contributed by atoms with Crippen LogP contribution in [0.3, 0.4) is 0 Å². The number of hydrogen-bond acceptors (Lipinski definition) is 2. The molecule has 0 saturated carbocycles. The molecular formula is C15H20F2N2O. The van der Waals surface area contributed by atoms with E-state index in [0.717, 1.165) is 18.6 Å². The number of nitrogens with one attached hydrogen (secondary N) is 1. The van der Waals surface area contributed by atoms with E-state index in [-0.39, 0.29) is 23.2 Å². The summed E-state index contributed by atoms with van der Waals surface area (Å²) in [4.78, 5) is 14.0. The van der Waals surface area contributed by atoms with Gasteiger partial charge in [-0.25, -0.2) is 8.78 Å². The maximum absolute atomic E-state index is 13.8. The molecule has 1 aromatic carbocycles. The number of benzene rings is 1. The molecular weight excluding hydrogens is 262 g/mol. The van der Waals surface area contributed by atoms with Crippen LogP contribution in [0.1, 0.15) is 37.6 Å². The zero-order chi connectivity index (χ0) is 14.9. The fraction of sp³-hybridized carbons (Fsp3) is 0.533. The Morgan fingerprint density at radius 3 is 2.40 bits per heavy atom. The van der Waals surface area contributed by atoms with Crippen LogP contribution in [0.25, 0.3) is 0 Å². The normalized spacial score (nSPS) is 22.1. The van der Waals surface area contributed by atoms with Gasteiger partial charge in [0.05, 0.1) is 0 Å². The summed E-state index contributed by atoms with van der Waals surface area (Å²) < 4.78 is 27.7. The van der Waals surface area contributed by atoms with E-state index in [1.165, 1.54) is 0 Å². The Balaban J connectivity index is 2.27. The first-order valence-corrected chi connectivity index (χ1v) is 6.97. The van der Waals surface area contributed by atoms with Gasteiger partial charge >= 0.3 is 0 Å². The molecule has 5 heteroatoms. The van der Waals surface area contributed by atoms with E-state index in [0.29, 0.717) is 19.0 Å². The van der Waals surface area contributed by atoms with E-state index in [2.05, 4.69) is 12.2 Å². The predicted molar refractivity (Wildman–Crippen MR) is 74.8 cm³/mol. The van der Waals surface area contributed by atoms with Crippen LogP contribution in [0.5, 0.6) is 0 Å². The monoisotopic (exact) mass is 282 g/mol. The van der Waals surface area contributed by atoms with Crippen LogP contribution in [0.2, 0.25) is 0 Å². The minimum atomic E-state index is -0.727. The van der Waals surface area contributed by atoms with E-state index in [1.54, 1.807) is 11.8 Å². The third-order valence-corrected chi connectivity index (χ3v) is 3.69. The van der Waals surface area contributed by atoms with E-state index in [9.17, 15) is 13.6 Å². The van der Waals surface area contributed by atoms with Gasteiger partial charge in [0.1, 0.15) is 17.3 Å². The Labute approximate surface area is 118 Å². The number of anilines is 1. The SMILES string of the molecule is CCNc1c(F)cc(C(=O)N2CC(C)CC2C)cc1F. The fourth-order valence-corrected chi connectivity index (χ4v) is 2.79. The van der Waals surface area contributed by atoms with Gasteiger partial charge in [0.15, 0.2) is 0 Å². The Kier molecular flexibility index (Phi) is 4.26. The molecule has 3 nitrogen and oxygen atoms in total. The van der Waals surface area contributed by atoms with Crippen LogP contribution in [0.15, 0.2) is 12.1 Å².